The van der Waals surface area contributed by atoms with E-state index in [0.29, 0.717) is 23.4 Å². The molecular weight excluding hydrogens is 266 g/mol. The van der Waals surface area contributed by atoms with Crippen molar-refractivity contribution in [2.75, 3.05) is 30.7 Å². The summed E-state index contributed by atoms with van der Waals surface area (Å²) in [5, 5.41) is 3.33. The molecule has 2 rings (SSSR count). The maximum absolute atomic E-state index is 6.07. The second kappa shape index (κ2) is 7.45. The summed E-state index contributed by atoms with van der Waals surface area (Å²) >= 11 is 0. The van der Waals surface area contributed by atoms with Crippen LogP contribution in [0.2, 0.25) is 0 Å². The van der Waals surface area contributed by atoms with Crippen LogP contribution in [0.1, 0.15) is 40.0 Å². The minimum absolute atomic E-state index is 0.0438. The van der Waals surface area contributed by atoms with Crippen LogP contribution < -0.4 is 15.8 Å². The zero-order valence-corrected chi connectivity index (χ0v) is 13.3. The molecule has 0 radical (unpaired) electrons. The van der Waals surface area contributed by atoms with Gasteiger partial charge >= 0.3 is 0 Å². The average molecular weight is 293 g/mol. The summed E-state index contributed by atoms with van der Waals surface area (Å²) in [6.45, 7) is 9.33. The van der Waals surface area contributed by atoms with E-state index in [-0.39, 0.29) is 6.10 Å². The Morgan fingerprint density at radius 2 is 1.95 bits per heavy atom. The Hall–Kier alpha value is -1.56. The number of hydrogen-bond acceptors (Lipinski definition) is 6. The van der Waals surface area contributed by atoms with Crippen molar-refractivity contribution in [1.29, 1.82) is 0 Å². The predicted molar refractivity (Wildman–Crippen MR) is 85.6 cm³/mol. The molecule has 0 spiro atoms. The zero-order valence-electron chi connectivity index (χ0n) is 13.3. The maximum atomic E-state index is 6.07. The van der Waals surface area contributed by atoms with Crippen molar-refractivity contribution in [2.24, 2.45) is 0 Å². The minimum atomic E-state index is 0.0438. The number of nitrogens with zero attached hydrogens (tertiary/aromatic N) is 3. The first-order valence-corrected chi connectivity index (χ1v) is 7.83. The van der Waals surface area contributed by atoms with E-state index in [2.05, 4.69) is 27.1 Å². The Morgan fingerprint density at radius 1 is 1.24 bits per heavy atom. The van der Waals surface area contributed by atoms with E-state index in [9.17, 15) is 0 Å². The predicted octanol–water partition coefficient (Wildman–Crippen LogP) is 2.13. The van der Waals surface area contributed by atoms with E-state index in [1.807, 2.05) is 13.8 Å². The molecule has 1 saturated heterocycles. The van der Waals surface area contributed by atoms with Gasteiger partial charge in [-0.05, 0) is 46.7 Å². The molecule has 0 bridgehead atoms. The lowest BCUT2D eigenvalue weighted by molar-refractivity contribution is 0.180. The zero-order chi connectivity index (χ0) is 15.2. The first-order valence-electron chi connectivity index (χ1n) is 7.83. The highest BCUT2D eigenvalue weighted by Gasteiger charge is 2.17. The van der Waals surface area contributed by atoms with Gasteiger partial charge in [-0.3, -0.25) is 4.90 Å². The van der Waals surface area contributed by atoms with Gasteiger partial charge in [0.15, 0.2) is 5.82 Å². The lowest BCUT2D eigenvalue weighted by Crippen LogP contribution is -2.41. The topological polar surface area (TPSA) is 76.3 Å². The van der Waals surface area contributed by atoms with Crippen LogP contribution in [0.3, 0.4) is 0 Å². The molecule has 0 aliphatic carbocycles. The molecule has 2 heterocycles. The van der Waals surface area contributed by atoms with Gasteiger partial charge in [0.25, 0.3) is 0 Å². The first-order chi connectivity index (χ1) is 10.1. The van der Waals surface area contributed by atoms with Gasteiger partial charge in [-0.15, -0.1) is 0 Å². The summed E-state index contributed by atoms with van der Waals surface area (Å²) in [7, 11) is 0. The third kappa shape index (κ3) is 4.46. The van der Waals surface area contributed by atoms with Crippen LogP contribution in [0.5, 0.6) is 5.88 Å². The van der Waals surface area contributed by atoms with E-state index < -0.39 is 0 Å². The highest BCUT2D eigenvalue weighted by molar-refractivity contribution is 5.66. The third-order valence-electron chi connectivity index (χ3n) is 3.77. The Labute approximate surface area is 127 Å². The Balaban J connectivity index is 1.93. The van der Waals surface area contributed by atoms with Gasteiger partial charge in [0.05, 0.1) is 6.10 Å². The van der Waals surface area contributed by atoms with Crippen molar-refractivity contribution in [2.45, 2.75) is 52.2 Å². The van der Waals surface area contributed by atoms with Crippen molar-refractivity contribution in [1.82, 2.24) is 14.9 Å². The lowest BCUT2D eigenvalue weighted by Gasteiger charge is -2.32. The normalized spacial score (nSPS) is 17.7. The molecule has 6 heteroatoms. The number of piperidine rings is 1. The van der Waals surface area contributed by atoms with Gasteiger partial charge in [-0.25, -0.2) is 4.98 Å². The minimum Gasteiger partial charge on any atom is -0.473 e. The largest absolute Gasteiger partial charge is 0.473 e. The molecule has 1 unspecified atom stereocenters. The van der Waals surface area contributed by atoms with E-state index in [0.717, 1.165) is 6.54 Å². The van der Waals surface area contributed by atoms with Gasteiger partial charge in [-0.2, -0.15) is 4.98 Å². The van der Waals surface area contributed by atoms with Crippen LogP contribution in [-0.4, -0.2) is 46.6 Å². The molecule has 1 fully saturated rings. The second-order valence-electron chi connectivity index (χ2n) is 5.93. The number of ether oxygens (including phenoxy) is 1. The molecule has 1 aliphatic rings. The summed E-state index contributed by atoms with van der Waals surface area (Å²) in [5.74, 6) is 1.11. The summed E-state index contributed by atoms with van der Waals surface area (Å²) in [6.07, 6.45) is 5.48. The summed E-state index contributed by atoms with van der Waals surface area (Å²) < 4.78 is 5.58. The van der Waals surface area contributed by atoms with Crippen LogP contribution in [0.15, 0.2) is 6.33 Å². The molecule has 1 atom stereocenters. The monoisotopic (exact) mass is 293 g/mol. The quantitative estimate of drug-likeness (QED) is 0.837. The van der Waals surface area contributed by atoms with Gasteiger partial charge in [0, 0.05) is 12.6 Å². The van der Waals surface area contributed by atoms with E-state index in [1.165, 1.54) is 38.7 Å². The Bertz CT molecular complexity index is 446. The number of aromatic nitrogens is 2. The molecule has 1 aromatic heterocycles. The highest BCUT2D eigenvalue weighted by Crippen LogP contribution is 2.25. The Kier molecular flexibility index (Phi) is 5.61. The van der Waals surface area contributed by atoms with Crippen LogP contribution in [0.25, 0.3) is 0 Å². The van der Waals surface area contributed by atoms with Gasteiger partial charge < -0.3 is 15.8 Å². The fraction of sp³-hybridized carbons (Fsp3) is 0.733. The molecule has 1 aromatic rings. The summed E-state index contributed by atoms with van der Waals surface area (Å²) in [5.41, 5.74) is 6.55. The molecular formula is C15H27N5O. The van der Waals surface area contributed by atoms with Crippen molar-refractivity contribution in [3.05, 3.63) is 6.33 Å². The SMILES string of the molecule is CC(C)Oc1ncnc(NCC(C)N2CCCCC2)c1N. The Morgan fingerprint density at radius 3 is 2.62 bits per heavy atom. The molecule has 21 heavy (non-hydrogen) atoms. The molecule has 0 saturated carbocycles. The summed E-state index contributed by atoms with van der Waals surface area (Å²) in [4.78, 5) is 10.8. The number of anilines is 2. The van der Waals surface area contributed by atoms with Crippen LogP contribution >= 0.6 is 0 Å². The van der Waals surface area contributed by atoms with Crippen molar-refractivity contribution in [3.63, 3.8) is 0 Å². The van der Waals surface area contributed by atoms with Crippen LogP contribution in [0.4, 0.5) is 11.5 Å². The van der Waals surface area contributed by atoms with E-state index in [4.69, 9.17) is 10.5 Å². The third-order valence-corrected chi connectivity index (χ3v) is 3.77. The maximum Gasteiger partial charge on any atom is 0.242 e. The number of rotatable bonds is 6. The van der Waals surface area contributed by atoms with Crippen molar-refractivity contribution in [3.8, 4) is 5.88 Å². The molecule has 118 valence electrons. The fourth-order valence-electron chi connectivity index (χ4n) is 2.57. The number of hydrogen-bond donors (Lipinski definition) is 2. The van der Waals surface area contributed by atoms with E-state index in [1.54, 1.807) is 0 Å². The second-order valence-corrected chi connectivity index (χ2v) is 5.93. The molecule has 6 nitrogen and oxygen atoms in total. The van der Waals surface area contributed by atoms with Gasteiger partial charge in [-0.1, -0.05) is 6.42 Å². The van der Waals surface area contributed by atoms with Crippen molar-refractivity contribution >= 4 is 11.5 Å². The number of nitrogens with two attached hydrogens (primary N) is 1. The van der Waals surface area contributed by atoms with Crippen LogP contribution in [0, 0.1) is 0 Å². The molecule has 1 aliphatic heterocycles. The van der Waals surface area contributed by atoms with Crippen molar-refractivity contribution < 1.29 is 4.74 Å². The average Bonchev–Trinajstić information content (AvgIpc) is 2.48. The fourth-order valence-corrected chi connectivity index (χ4v) is 2.57. The van der Waals surface area contributed by atoms with Crippen LogP contribution in [-0.2, 0) is 0 Å². The lowest BCUT2D eigenvalue weighted by atomic mass is 10.1. The number of nitrogens with one attached hydrogen (secondary N) is 1. The highest BCUT2D eigenvalue weighted by atomic mass is 16.5. The number of nitrogen functional groups attached to an aromatic ring is 1. The van der Waals surface area contributed by atoms with E-state index >= 15 is 0 Å². The molecule has 0 amide bonds. The first kappa shape index (κ1) is 15.8. The molecule has 0 aromatic carbocycles. The standard InChI is InChI=1S/C15H27N5O/c1-11(2)21-15-13(16)14(18-10-19-15)17-9-12(3)20-7-5-4-6-8-20/h10-12H,4-9,16H2,1-3H3,(H,17,18,19). The summed E-state index contributed by atoms with van der Waals surface area (Å²) in [6, 6.07) is 0.467. The van der Waals surface area contributed by atoms with Gasteiger partial charge in [0.1, 0.15) is 12.0 Å². The smallest absolute Gasteiger partial charge is 0.242 e. The molecule has 3 N–H and O–H groups in total. The van der Waals surface area contributed by atoms with Gasteiger partial charge in [0.2, 0.25) is 5.88 Å². The number of likely N-dealkylation sites (tertiary alicyclic amines) is 1.